The van der Waals surface area contributed by atoms with Crippen LogP contribution in [0.2, 0.25) is 0 Å². The summed E-state index contributed by atoms with van der Waals surface area (Å²) >= 11 is 0. The van der Waals surface area contributed by atoms with Crippen molar-refractivity contribution < 1.29 is 14.3 Å². The third kappa shape index (κ3) is 6.01. The molecule has 1 aromatic carbocycles. The van der Waals surface area contributed by atoms with Crippen LogP contribution in [-0.2, 0) is 16.0 Å². The molecular formula is C22H28N4O3. The first kappa shape index (κ1) is 20.8. The molecule has 1 fully saturated rings. The van der Waals surface area contributed by atoms with Crippen molar-refractivity contribution in [2.24, 2.45) is 0 Å². The molecule has 7 heteroatoms. The molecule has 0 aliphatic carbocycles. The minimum absolute atomic E-state index is 0.0659. The first-order valence-electron chi connectivity index (χ1n) is 9.96. The first-order valence-corrected chi connectivity index (χ1v) is 9.96. The van der Waals surface area contributed by atoms with Gasteiger partial charge in [-0.2, -0.15) is 0 Å². The van der Waals surface area contributed by atoms with Crippen LogP contribution in [0.4, 0.5) is 4.79 Å². The van der Waals surface area contributed by atoms with Gasteiger partial charge in [-0.1, -0.05) is 24.3 Å². The zero-order chi connectivity index (χ0) is 20.9. The molecule has 0 saturated carbocycles. The average molecular weight is 396 g/mol. The number of benzene rings is 1. The van der Waals surface area contributed by atoms with Crippen LogP contribution in [0.5, 0.6) is 0 Å². The van der Waals surface area contributed by atoms with E-state index in [1.165, 1.54) is 0 Å². The summed E-state index contributed by atoms with van der Waals surface area (Å²) in [6, 6.07) is 8.83. The second-order valence-corrected chi connectivity index (χ2v) is 8.20. The fraction of sp³-hybridized carbons (Fsp3) is 0.455. The van der Waals surface area contributed by atoms with E-state index in [9.17, 15) is 9.59 Å². The summed E-state index contributed by atoms with van der Waals surface area (Å²) in [5, 5.41) is 2.77. The molecule has 0 spiro atoms. The molecule has 29 heavy (non-hydrogen) atoms. The second-order valence-electron chi connectivity index (χ2n) is 8.20. The van der Waals surface area contributed by atoms with Gasteiger partial charge in [-0.15, -0.1) is 0 Å². The van der Waals surface area contributed by atoms with Gasteiger partial charge in [-0.3, -0.25) is 4.79 Å². The molecule has 2 heterocycles. The van der Waals surface area contributed by atoms with E-state index in [2.05, 4.69) is 15.3 Å². The maximum Gasteiger partial charge on any atom is 0.408 e. The van der Waals surface area contributed by atoms with Gasteiger partial charge >= 0.3 is 6.09 Å². The Morgan fingerprint density at radius 3 is 2.31 bits per heavy atom. The first-order chi connectivity index (χ1) is 13.8. The summed E-state index contributed by atoms with van der Waals surface area (Å²) in [5.74, 6) is 0.583. The molecule has 0 radical (unpaired) electrons. The molecule has 1 saturated heterocycles. The summed E-state index contributed by atoms with van der Waals surface area (Å²) in [6.45, 7) is 6.86. The summed E-state index contributed by atoms with van der Waals surface area (Å²) in [6.07, 6.45) is 5.21. The molecule has 1 aliphatic rings. The van der Waals surface area contributed by atoms with E-state index >= 15 is 0 Å². The third-order valence-corrected chi connectivity index (χ3v) is 4.62. The lowest BCUT2D eigenvalue weighted by molar-refractivity contribution is -0.132. The Hall–Kier alpha value is -2.96. The molecule has 0 unspecified atom stereocenters. The Bertz CT molecular complexity index is 825. The van der Waals surface area contributed by atoms with E-state index < -0.39 is 17.7 Å². The van der Waals surface area contributed by atoms with Crippen LogP contribution >= 0.6 is 0 Å². The van der Waals surface area contributed by atoms with Crippen LogP contribution in [-0.4, -0.2) is 51.6 Å². The SMILES string of the molecule is CC(C)(C)OC(=O)N[C@H](Cc1ccc(-c2ncccn2)cc1)C(=O)N1CCCC1. The Labute approximate surface area is 171 Å². The predicted molar refractivity (Wildman–Crippen MR) is 110 cm³/mol. The highest BCUT2D eigenvalue weighted by Gasteiger charge is 2.29. The number of nitrogens with one attached hydrogen (secondary N) is 1. The number of hydrogen-bond acceptors (Lipinski definition) is 5. The van der Waals surface area contributed by atoms with Crippen molar-refractivity contribution in [3.63, 3.8) is 0 Å². The Balaban J connectivity index is 1.73. The maximum atomic E-state index is 13.0. The predicted octanol–water partition coefficient (Wildman–Crippen LogP) is 3.20. The smallest absolute Gasteiger partial charge is 0.408 e. The quantitative estimate of drug-likeness (QED) is 0.839. The van der Waals surface area contributed by atoms with Crippen LogP contribution in [0.15, 0.2) is 42.7 Å². The van der Waals surface area contributed by atoms with Gasteiger partial charge in [0.25, 0.3) is 0 Å². The number of likely N-dealkylation sites (tertiary alicyclic amines) is 1. The summed E-state index contributed by atoms with van der Waals surface area (Å²) in [7, 11) is 0. The molecule has 1 atom stereocenters. The Morgan fingerprint density at radius 1 is 1.10 bits per heavy atom. The van der Waals surface area contributed by atoms with E-state index in [1.807, 2.05) is 29.2 Å². The molecule has 1 N–H and O–H groups in total. The molecule has 0 bridgehead atoms. The molecule has 2 aromatic rings. The van der Waals surface area contributed by atoms with Gasteiger partial charge in [0.2, 0.25) is 5.91 Å². The summed E-state index contributed by atoms with van der Waals surface area (Å²) < 4.78 is 5.36. The maximum absolute atomic E-state index is 13.0. The minimum atomic E-state index is -0.665. The van der Waals surface area contributed by atoms with E-state index in [1.54, 1.807) is 39.2 Å². The lowest BCUT2D eigenvalue weighted by Gasteiger charge is -2.26. The summed E-state index contributed by atoms with van der Waals surface area (Å²) in [5.41, 5.74) is 1.22. The van der Waals surface area contributed by atoms with Gasteiger partial charge in [0, 0.05) is 37.5 Å². The number of aromatic nitrogens is 2. The number of nitrogens with zero attached hydrogens (tertiary/aromatic N) is 3. The van der Waals surface area contributed by atoms with Gasteiger partial charge in [0.15, 0.2) is 5.82 Å². The number of rotatable bonds is 5. The largest absolute Gasteiger partial charge is 0.444 e. The van der Waals surface area contributed by atoms with Crippen molar-refractivity contribution in [2.75, 3.05) is 13.1 Å². The van der Waals surface area contributed by atoms with Crippen molar-refractivity contribution >= 4 is 12.0 Å². The zero-order valence-electron chi connectivity index (χ0n) is 17.2. The van der Waals surface area contributed by atoms with Crippen LogP contribution in [0, 0.1) is 0 Å². The molecular weight excluding hydrogens is 368 g/mol. The highest BCUT2D eigenvalue weighted by atomic mass is 16.6. The minimum Gasteiger partial charge on any atom is -0.444 e. The zero-order valence-corrected chi connectivity index (χ0v) is 17.2. The number of amides is 2. The van der Waals surface area contributed by atoms with Gasteiger partial charge in [0.05, 0.1) is 0 Å². The van der Waals surface area contributed by atoms with E-state index in [0.717, 1.165) is 37.1 Å². The second kappa shape index (κ2) is 9.03. The van der Waals surface area contributed by atoms with Crippen LogP contribution < -0.4 is 5.32 Å². The van der Waals surface area contributed by atoms with E-state index in [0.29, 0.717) is 12.2 Å². The fourth-order valence-corrected chi connectivity index (χ4v) is 3.28. The molecule has 1 aromatic heterocycles. The van der Waals surface area contributed by atoms with Gasteiger partial charge in [-0.05, 0) is 45.2 Å². The van der Waals surface area contributed by atoms with E-state index in [4.69, 9.17) is 4.74 Å². The average Bonchev–Trinajstić information content (AvgIpc) is 3.21. The van der Waals surface area contributed by atoms with Gasteiger partial charge in [0.1, 0.15) is 11.6 Å². The van der Waals surface area contributed by atoms with Crippen LogP contribution in [0.25, 0.3) is 11.4 Å². The van der Waals surface area contributed by atoms with Gasteiger partial charge < -0.3 is 15.0 Å². The van der Waals surface area contributed by atoms with E-state index in [-0.39, 0.29) is 5.91 Å². The number of ether oxygens (including phenoxy) is 1. The monoisotopic (exact) mass is 396 g/mol. The number of carbonyl (C=O) groups excluding carboxylic acids is 2. The molecule has 1 aliphatic heterocycles. The Kier molecular flexibility index (Phi) is 6.46. The van der Waals surface area contributed by atoms with Crippen molar-refractivity contribution in [1.29, 1.82) is 0 Å². The lowest BCUT2D eigenvalue weighted by Crippen LogP contribution is -2.50. The van der Waals surface area contributed by atoms with Crippen molar-refractivity contribution in [2.45, 2.75) is 51.7 Å². The number of carbonyl (C=O) groups is 2. The van der Waals surface area contributed by atoms with Crippen molar-refractivity contribution in [3.8, 4) is 11.4 Å². The summed E-state index contributed by atoms with van der Waals surface area (Å²) in [4.78, 5) is 35.6. The van der Waals surface area contributed by atoms with Crippen molar-refractivity contribution in [1.82, 2.24) is 20.2 Å². The fourth-order valence-electron chi connectivity index (χ4n) is 3.28. The molecule has 3 rings (SSSR count). The van der Waals surface area contributed by atoms with Gasteiger partial charge in [-0.25, -0.2) is 14.8 Å². The van der Waals surface area contributed by atoms with Crippen LogP contribution in [0.1, 0.15) is 39.2 Å². The third-order valence-electron chi connectivity index (χ3n) is 4.62. The molecule has 2 amide bonds. The topological polar surface area (TPSA) is 84.4 Å². The lowest BCUT2D eigenvalue weighted by atomic mass is 10.0. The highest BCUT2D eigenvalue weighted by molar-refractivity contribution is 5.86. The molecule has 154 valence electrons. The Morgan fingerprint density at radius 2 is 1.72 bits per heavy atom. The van der Waals surface area contributed by atoms with Crippen molar-refractivity contribution in [3.05, 3.63) is 48.3 Å². The highest BCUT2D eigenvalue weighted by Crippen LogP contribution is 2.17. The molecule has 7 nitrogen and oxygen atoms in total. The standard InChI is InChI=1S/C22H28N4O3/c1-22(2,3)29-21(28)25-18(20(27)26-13-4-5-14-26)15-16-7-9-17(10-8-16)19-23-11-6-12-24-19/h6-12,18H,4-5,13-15H2,1-3H3,(H,25,28)/t18-/m1/s1. The normalized spacial score (nSPS) is 15.1. The number of hydrogen-bond donors (Lipinski definition) is 1. The van der Waals surface area contributed by atoms with Crippen LogP contribution in [0.3, 0.4) is 0 Å². The number of alkyl carbamates (subject to hydrolysis) is 1.